The first-order valence-corrected chi connectivity index (χ1v) is 5.29. The van der Waals surface area contributed by atoms with Crippen molar-refractivity contribution >= 4 is 11.6 Å². The Labute approximate surface area is 93.7 Å². The molecule has 0 unspecified atom stereocenters. The Morgan fingerprint density at radius 1 is 1.33 bits per heavy atom. The quantitative estimate of drug-likeness (QED) is 0.730. The average molecular weight is 222 g/mol. The third kappa shape index (κ3) is 1.75. The fraction of sp³-hybridized carbons (Fsp3) is 0.273. The summed E-state index contributed by atoms with van der Waals surface area (Å²) in [5.74, 6) is 1.14. The molecule has 1 aromatic carbocycles. The van der Waals surface area contributed by atoms with E-state index in [0.717, 1.165) is 11.5 Å². The number of halogens is 1. The molecule has 15 heavy (non-hydrogen) atoms. The molecule has 0 saturated carbocycles. The summed E-state index contributed by atoms with van der Waals surface area (Å²) in [6, 6.07) is 6.15. The minimum absolute atomic E-state index is 0.368. The van der Waals surface area contributed by atoms with Crippen LogP contribution in [-0.4, -0.2) is 14.8 Å². The van der Waals surface area contributed by atoms with Crippen LogP contribution in [0.5, 0.6) is 0 Å². The zero-order valence-corrected chi connectivity index (χ0v) is 9.49. The summed E-state index contributed by atoms with van der Waals surface area (Å²) in [5.41, 5.74) is 3.57. The van der Waals surface area contributed by atoms with E-state index in [-0.39, 0.29) is 0 Å². The lowest BCUT2D eigenvalue weighted by molar-refractivity contribution is 0.941. The van der Waals surface area contributed by atoms with E-state index in [1.165, 1.54) is 11.1 Å². The van der Waals surface area contributed by atoms with Crippen LogP contribution in [0, 0.1) is 13.8 Å². The SMILES string of the molecule is Cc1cccc(-n2cnnc2CCl)c1C. The molecule has 0 saturated heterocycles. The number of nitrogens with zero attached hydrogens (tertiary/aromatic N) is 3. The maximum absolute atomic E-state index is 5.79. The van der Waals surface area contributed by atoms with Gasteiger partial charge in [0, 0.05) is 0 Å². The number of hydrogen-bond donors (Lipinski definition) is 0. The second-order valence-electron chi connectivity index (χ2n) is 3.47. The van der Waals surface area contributed by atoms with Gasteiger partial charge in [-0.2, -0.15) is 0 Å². The van der Waals surface area contributed by atoms with E-state index in [0.29, 0.717) is 5.88 Å². The Bertz CT molecular complexity index is 476. The van der Waals surface area contributed by atoms with E-state index in [4.69, 9.17) is 11.6 Å². The molecule has 0 amide bonds. The Hall–Kier alpha value is -1.35. The summed E-state index contributed by atoms with van der Waals surface area (Å²) < 4.78 is 1.93. The molecule has 78 valence electrons. The Balaban J connectivity index is 2.59. The van der Waals surface area contributed by atoms with Gasteiger partial charge in [-0.05, 0) is 31.0 Å². The minimum atomic E-state index is 0.368. The second kappa shape index (κ2) is 4.03. The fourth-order valence-electron chi connectivity index (χ4n) is 1.55. The average Bonchev–Trinajstić information content (AvgIpc) is 2.70. The van der Waals surface area contributed by atoms with Crippen LogP contribution < -0.4 is 0 Å². The second-order valence-corrected chi connectivity index (χ2v) is 3.74. The van der Waals surface area contributed by atoms with Gasteiger partial charge in [-0.15, -0.1) is 21.8 Å². The topological polar surface area (TPSA) is 30.7 Å². The standard InChI is InChI=1S/C11H12ClN3/c1-8-4-3-5-10(9(8)2)15-7-13-14-11(15)6-12/h3-5,7H,6H2,1-2H3. The molecule has 4 heteroatoms. The molecule has 2 rings (SSSR count). The van der Waals surface area contributed by atoms with Gasteiger partial charge < -0.3 is 0 Å². The molecule has 0 aliphatic rings. The smallest absolute Gasteiger partial charge is 0.152 e. The Morgan fingerprint density at radius 3 is 2.87 bits per heavy atom. The Kier molecular flexibility index (Phi) is 2.73. The molecular formula is C11H12ClN3. The molecule has 3 nitrogen and oxygen atoms in total. The van der Waals surface area contributed by atoms with Crippen molar-refractivity contribution < 1.29 is 0 Å². The highest BCUT2D eigenvalue weighted by atomic mass is 35.5. The summed E-state index contributed by atoms with van der Waals surface area (Å²) in [7, 11) is 0. The third-order valence-corrected chi connectivity index (χ3v) is 2.81. The summed E-state index contributed by atoms with van der Waals surface area (Å²) in [6.45, 7) is 4.17. The van der Waals surface area contributed by atoms with Gasteiger partial charge >= 0.3 is 0 Å². The van der Waals surface area contributed by atoms with Crippen LogP contribution in [0.3, 0.4) is 0 Å². The molecule has 0 aliphatic heterocycles. The molecule has 0 N–H and O–H groups in total. The monoisotopic (exact) mass is 221 g/mol. The summed E-state index contributed by atoms with van der Waals surface area (Å²) in [4.78, 5) is 0. The Morgan fingerprint density at radius 2 is 2.13 bits per heavy atom. The van der Waals surface area contributed by atoms with E-state index in [1.807, 2.05) is 16.7 Å². The lowest BCUT2D eigenvalue weighted by Crippen LogP contribution is -2.01. The molecule has 2 aromatic rings. The molecule has 0 spiro atoms. The molecule has 0 radical (unpaired) electrons. The highest BCUT2D eigenvalue weighted by molar-refractivity contribution is 6.16. The number of alkyl halides is 1. The number of benzene rings is 1. The minimum Gasteiger partial charge on any atom is -0.284 e. The van der Waals surface area contributed by atoms with Gasteiger partial charge in [-0.25, -0.2) is 0 Å². The predicted molar refractivity (Wildman–Crippen MR) is 60.4 cm³/mol. The predicted octanol–water partition coefficient (Wildman–Crippen LogP) is 2.62. The van der Waals surface area contributed by atoms with Crippen molar-refractivity contribution in [2.45, 2.75) is 19.7 Å². The summed E-state index contributed by atoms with van der Waals surface area (Å²) >= 11 is 5.79. The van der Waals surface area contributed by atoms with Crippen molar-refractivity contribution in [3.8, 4) is 5.69 Å². The summed E-state index contributed by atoms with van der Waals surface area (Å²) in [5, 5.41) is 7.83. The van der Waals surface area contributed by atoms with Crippen molar-refractivity contribution in [1.82, 2.24) is 14.8 Å². The van der Waals surface area contributed by atoms with Gasteiger partial charge in [0.05, 0.1) is 11.6 Å². The fourth-order valence-corrected chi connectivity index (χ4v) is 1.73. The molecular weight excluding hydrogens is 210 g/mol. The van der Waals surface area contributed by atoms with Crippen molar-refractivity contribution in [2.24, 2.45) is 0 Å². The highest BCUT2D eigenvalue weighted by Crippen LogP contribution is 2.18. The molecule has 0 fully saturated rings. The number of hydrogen-bond acceptors (Lipinski definition) is 2. The molecule has 0 atom stereocenters. The zero-order chi connectivity index (χ0) is 10.8. The van der Waals surface area contributed by atoms with Crippen LogP contribution in [0.25, 0.3) is 5.69 Å². The van der Waals surface area contributed by atoms with E-state index >= 15 is 0 Å². The van der Waals surface area contributed by atoms with E-state index in [9.17, 15) is 0 Å². The molecule has 1 aromatic heterocycles. The maximum Gasteiger partial charge on any atom is 0.152 e. The van der Waals surface area contributed by atoms with Gasteiger partial charge in [0.1, 0.15) is 6.33 Å². The molecule has 1 heterocycles. The van der Waals surface area contributed by atoms with Crippen LogP contribution in [0.2, 0.25) is 0 Å². The lowest BCUT2D eigenvalue weighted by Gasteiger charge is -2.10. The van der Waals surface area contributed by atoms with Crippen molar-refractivity contribution in [1.29, 1.82) is 0 Å². The van der Waals surface area contributed by atoms with Crippen LogP contribution >= 0.6 is 11.6 Å². The largest absolute Gasteiger partial charge is 0.284 e. The highest BCUT2D eigenvalue weighted by Gasteiger charge is 2.07. The van der Waals surface area contributed by atoms with Crippen LogP contribution in [-0.2, 0) is 5.88 Å². The van der Waals surface area contributed by atoms with Crippen molar-refractivity contribution in [2.75, 3.05) is 0 Å². The van der Waals surface area contributed by atoms with Gasteiger partial charge in [0.25, 0.3) is 0 Å². The van der Waals surface area contributed by atoms with Gasteiger partial charge in [-0.1, -0.05) is 12.1 Å². The molecule has 0 bridgehead atoms. The zero-order valence-electron chi connectivity index (χ0n) is 8.74. The van der Waals surface area contributed by atoms with Crippen molar-refractivity contribution in [3.63, 3.8) is 0 Å². The van der Waals surface area contributed by atoms with Crippen LogP contribution in [0.15, 0.2) is 24.5 Å². The third-order valence-electron chi connectivity index (χ3n) is 2.57. The lowest BCUT2D eigenvalue weighted by atomic mass is 10.1. The van der Waals surface area contributed by atoms with Gasteiger partial charge in [0.15, 0.2) is 5.82 Å². The first-order valence-electron chi connectivity index (χ1n) is 4.75. The van der Waals surface area contributed by atoms with E-state index in [2.05, 4.69) is 30.1 Å². The van der Waals surface area contributed by atoms with E-state index < -0.39 is 0 Å². The molecule has 0 aliphatic carbocycles. The van der Waals surface area contributed by atoms with Gasteiger partial charge in [0.2, 0.25) is 0 Å². The van der Waals surface area contributed by atoms with Crippen molar-refractivity contribution in [3.05, 3.63) is 41.5 Å². The maximum atomic E-state index is 5.79. The van der Waals surface area contributed by atoms with Crippen LogP contribution in [0.1, 0.15) is 17.0 Å². The number of rotatable bonds is 2. The summed E-state index contributed by atoms with van der Waals surface area (Å²) in [6.07, 6.45) is 1.69. The number of aryl methyl sites for hydroxylation is 1. The first kappa shape index (κ1) is 10.2. The van der Waals surface area contributed by atoms with Crippen LogP contribution in [0.4, 0.5) is 0 Å². The van der Waals surface area contributed by atoms with E-state index in [1.54, 1.807) is 6.33 Å². The van der Waals surface area contributed by atoms with Gasteiger partial charge in [-0.3, -0.25) is 4.57 Å². The number of aromatic nitrogens is 3. The normalized spacial score (nSPS) is 10.6. The first-order chi connectivity index (χ1) is 7.24.